The van der Waals surface area contributed by atoms with Gasteiger partial charge in [-0.3, -0.25) is 4.79 Å². The van der Waals surface area contributed by atoms with Crippen molar-refractivity contribution in [2.75, 3.05) is 32.1 Å². The predicted octanol–water partition coefficient (Wildman–Crippen LogP) is 2.59. The van der Waals surface area contributed by atoms with E-state index in [4.69, 9.17) is 9.72 Å². The molecule has 3 aromatic rings. The van der Waals surface area contributed by atoms with Crippen LogP contribution in [0.3, 0.4) is 0 Å². The van der Waals surface area contributed by atoms with Crippen LogP contribution >= 0.6 is 0 Å². The summed E-state index contributed by atoms with van der Waals surface area (Å²) in [4.78, 5) is 27.3. The van der Waals surface area contributed by atoms with E-state index in [1.807, 2.05) is 47.0 Å². The fourth-order valence-corrected chi connectivity index (χ4v) is 3.48. The van der Waals surface area contributed by atoms with Gasteiger partial charge in [0, 0.05) is 57.3 Å². The maximum atomic E-state index is 11.8. The summed E-state index contributed by atoms with van der Waals surface area (Å²) in [5.41, 5.74) is 2.57. The fraction of sp³-hybridized carbons (Fsp3) is 0.333. The first-order chi connectivity index (χ1) is 14.2. The summed E-state index contributed by atoms with van der Waals surface area (Å²) >= 11 is 0. The standard InChI is InChI=1S/C21H24N6O2/c1-26-11-8-22-20(26)19-17(15-5-3-6-16(13-15)29-2)14-24-21(25-19)23-9-12-27-10-4-7-18(27)28/h3,5-6,8,11,13-14H,4,7,9-10,12H2,1-2H3,(H,23,24,25). The van der Waals surface area contributed by atoms with Crippen molar-refractivity contribution in [2.24, 2.45) is 7.05 Å². The lowest BCUT2D eigenvalue weighted by molar-refractivity contribution is -0.127. The number of aromatic nitrogens is 4. The molecule has 0 saturated carbocycles. The number of rotatable bonds is 7. The molecule has 0 spiro atoms. The topological polar surface area (TPSA) is 85.2 Å². The Morgan fingerprint density at radius 2 is 2.17 bits per heavy atom. The van der Waals surface area contributed by atoms with Crippen molar-refractivity contribution in [3.05, 3.63) is 42.9 Å². The van der Waals surface area contributed by atoms with Gasteiger partial charge in [0.1, 0.15) is 11.4 Å². The molecule has 0 aliphatic carbocycles. The Balaban J connectivity index is 1.62. The van der Waals surface area contributed by atoms with Gasteiger partial charge in [0.25, 0.3) is 0 Å². The maximum absolute atomic E-state index is 11.8. The molecule has 2 aromatic heterocycles. The summed E-state index contributed by atoms with van der Waals surface area (Å²) in [5.74, 6) is 2.25. The Labute approximate surface area is 169 Å². The van der Waals surface area contributed by atoms with Gasteiger partial charge in [0.15, 0.2) is 5.82 Å². The molecule has 4 rings (SSSR count). The number of likely N-dealkylation sites (tertiary alicyclic amines) is 1. The molecule has 1 aliphatic heterocycles. The first kappa shape index (κ1) is 18.9. The van der Waals surface area contributed by atoms with E-state index in [9.17, 15) is 4.79 Å². The zero-order valence-corrected chi connectivity index (χ0v) is 16.6. The van der Waals surface area contributed by atoms with Gasteiger partial charge in [-0.25, -0.2) is 15.0 Å². The molecule has 0 unspecified atom stereocenters. The molecule has 1 N–H and O–H groups in total. The fourth-order valence-electron chi connectivity index (χ4n) is 3.48. The molecule has 8 heteroatoms. The molecule has 1 amide bonds. The Kier molecular flexibility index (Phi) is 5.41. The molecule has 8 nitrogen and oxygen atoms in total. The van der Waals surface area contributed by atoms with Crippen molar-refractivity contribution < 1.29 is 9.53 Å². The maximum Gasteiger partial charge on any atom is 0.223 e. The molecule has 29 heavy (non-hydrogen) atoms. The molecule has 0 radical (unpaired) electrons. The summed E-state index contributed by atoms with van der Waals surface area (Å²) in [5, 5.41) is 3.24. The van der Waals surface area contributed by atoms with Gasteiger partial charge < -0.3 is 19.5 Å². The van der Waals surface area contributed by atoms with Crippen molar-refractivity contribution in [1.82, 2.24) is 24.4 Å². The minimum Gasteiger partial charge on any atom is -0.497 e. The number of aryl methyl sites for hydroxylation is 1. The highest BCUT2D eigenvalue weighted by atomic mass is 16.5. The molecule has 3 heterocycles. The van der Waals surface area contributed by atoms with Crippen LogP contribution in [0.2, 0.25) is 0 Å². The minimum atomic E-state index is 0.217. The lowest BCUT2D eigenvalue weighted by Crippen LogP contribution is -2.30. The Morgan fingerprint density at radius 3 is 2.90 bits per heavy atom. The Bertz CT molecular complexity index is 1020. The number of carbonyl (C=O) groups is 1. The number of hydrogen-bond acceptors (Lipinski definition) is 6. The molecule has 0 atom stereocenters. The van der Waals surface area contributed by atoms with E-state index < -0.39 is 0 Å². The van der Waals surface area contributed by atoms with Crippen LogP contribution in [0.25, 0.3) is 22.6 Å². The highest BCUT2D eigenvalue weighted by Gasteiger charge is 2.20. The van der Waals surface area contributed by atoms with Crippen molar-refractivity contribution in [3.8, 4) is 28.4 Å². The number of hydrogen-bond donors (Lipinski definition) is 1. The van der Waals surface area contributed by atoms with Crippen LogP contribution in [0.5, 0.6) is 5.75 Å². The highest BCUT2D eigenvalue weighted by molar-refractivity contribution is 5.79. The summed E-state index contributed by atoms with van der Waals surface area (Å²) in [6.45, 7) is 2.08. The number of methoxy groups -OCH3 is 1. The number of nitrogens with one attached hydrogen (secondary N) is 1. The van der Waals surface area contributed by atoms with Gasteiger partial charge in [-0.2, -0.15) is 0 Å². The van der Waals surface area contributed by atoms with Crippen molar-refractivity contribution in [2.45, 2.75) is 12.8 Å². The monoisotopic (exact) mass is 392 g/mol. The second-order valence-corrected chi connectivity index (χ2v) is 6.96. The number of nitrogens with zero attached hydrogens (tertiary/aromatic N) is 5. The average Bonchev–Trinajstić information content (AvgIpc) is 3.36. The van der Waals surface area contributed by atoms with Crippen molar-refractivity contribution in [3.63, 3.8) is 0 Å². The molecular weight excluding hydrogens is 368 g/mol. The van der Waals surface area contributed by atoms with E-state index in [-0.39, 0.29) is 5.91 Å². The number of carbonyl (C=O) groups excluding carboxylic acids is 1. The average molecular weight is 392 g/mol. The third-order valence-corrected chi connectivity index (χ3v) is 5.04. The Morgan fingerprint density at radius 1 is 1.28 bits per heavy atom. The molecule has 1 fully saturated rings. The third-order valence-electron chi connectivity index (χ3n) is 5.04. The summed E-state index contributed by atoms with van der Waals surface area (Å²) in [7, 11) is 3.58. The first-order valence-electron chi connectivity index (χ1n) is 9.66. The number of anilines is 1. The quantitative estimate of drug-likeness (QED) is 0.665. The van der Waals surface area contributed by atoms with Crippen LogP contribution in [0.4, 0.5) is 5.95 Å². The molecule has 150 valence electrons. The van der Waals surface area contributed by atoms with Crippen LogP contribution in [-0.4, -0.2) is 57.1 Å². The number of amides is 1. The summed E-state index contributed by atoms with van der Waals surface area (Å²) < 4.78 is 7.29. The molecular formula is C21H24N6O2. The van der Waals surface area contributed by atoms with Gasteiger partial charge in [0.2, 0.25) is 11.9 Å². The second kappa shape index (κ2) is 8.30. The molecule has 1 aliphatic rings. The highest BCUT2D eigenvalue weighted by Crippen LogP contribution is 2.31. The van der Waals surface area contributed by atoms with E-state index in [0.29, 0.717) is 25.5 Å². The van der Waals surface area contributed by atoms with E-state index in [2.05, 4.69) is 15.3 Å². The Hall–Kier alpha value is -3.42. The third kappa shape index (κ3) is 4.06. The summed E-state index contributed by atoms with van der Waals surface area (Å²) in [6, 6.07) is 7.80. The van der Waals surface area contributed by atoms with E-state index in [1.165, 1.54) is 0 Å². The van der Waals surface area contributed by atoms with Crippen molar-refractivity contribution >= 4 is 11.9 Å². The predicted molar refractivity (Wildman–Crippen MR) is 111 cm³/mol. The van der Waals surface area contributed by atoms with Crippen LogP contribution in [0.1, 0.15) is 12.8 Å². The summed E-state index contributed by atoms with van der Waals surface area (Å²) in [6.07, 6.45) is 7.02. The molecule has 0 bridgehead atoms. The van der Waals surface area contributed by atoms with Crippen LogP contribution < -0.4 is 10.1 Å². The van der Waals surface area contributed by atoms with E-state index >= 15 is 0 Å². The number of benzene rings is 1. The minimum absolute atomic E-state index is 0.217. The lowest BCUT2D eigenvalue weighted by Gasteiger charge is -2.16. The number of imidazole rings is 1. The first-order valence-corrected chi connectivity index (χ1v) is 9.66. The van der Waals surface area contributed by atoms with E-state index in [1.54, 1.807) is 19.5 Å². The normalized spacial score (nSPS) is 13.7. The van der Waals surface area contributed by atoms with Crippen LogP contribution in [0.15, 0.2) is 42.9 Å². The smallest absolute Gasteiger partial charge is 0.223 e. The molecule has 1 aromatic carbocycles. The van der Waals surface area contributed by atoms with Gasteiger partial charge in [-0.15, -0.1) is 0 Å². The zero-order valence-electron chi connectivity index (χ0n) is 16.6. The van der Waals surface area contributed by atoms with Crippen LogP contribution in [0, 0.1) is 0 Å². The van der Waals surface area contributed by atoms with Gasteiger partial charge in [-0.05, 0) is 24.1 Å². The number of ether oxygens (including phenoxy) is 1. The largest absolute Gasteiger partial charge is 0.497 e. The van der Waals surface area contributed by atoms with Gasteiger partial charge in [-0.1, -0.05) is 12.1 Å². The second-order valence-electron chi connectivity index (χ2n) is 6.96. The van der Waals surface area contributed by atoms with E-state index in [0.717, 1.165) is 41.4 Å². The SMILES string of the molecule is COc1cccc(-c2cnc(NCCN3CCCC3=O)nc2-c2nccn2C)c1. The van der Waals surface area contributed by atoms with Crippen LogP contribution in [-0.2, 0) is 11.8 Å². The lowest BCUT2D eigenvalue weighted by atomic mass is 10.0. The van der Waals surface area contributed by atoms with Gasteiger partial charge in [0.05, 0.1) is 7.11 Å². The zero-order chi connectivity index (χ0) is 20.2. The van der Waals surface area contributed by atoms with Crippen molar-refractivity contribution in [1.29, 1.82) is 0 Å². The molecule has 1 saturated heterocycles. The van der Waals surface area contributed by atoms with Gasteiger partial charge >= 0.3 is 0 Å².